The number of non-ortho nitro benzene ring substituents is 1. The monoisotopic (exact) mass is 453 g/mol. The summed E-state index contributed by atoms with van der Waals surface area (Å²) in [5.74, 6) is 0. The predicted octanol–water partition coefficient (Wildman–Crippen LogP) is 1.24. The summed E-state index contributed by atoms with van der Waals surface area (Å²) in [5.41, 5.74) is -0.340. The summed E-state index contributed by atoms with van der Waals surface area (Å²) in [7, 11) is -4.64. The molecule has 0 aliphatic heterocycles. The average molecular weight is 453 g/mol. The molecule has 0 saturated carbocycles. The molecule has 11 nitrogen and oxygen atoms in total. The number of benzene rings is 3. The van der Waals surface area contributed by atoms with Crippen LogP contribution < -0.4 is 40.2 Å². The number of hydrogen-bond donors (Lipinski definition) is 3. The Labute approximate surface area is 198 Å². The van der Waals surface area contributed by atoms with Crippen molar-refractivity contribution in [2.24, 2.45) is 0 Å². The molecule has 0 radical (unpaired) electrons. The normalized spacial score (nSPS) is 10.6. The Bertz CT molecular complexity index is 1240. The smallest absolute Gasteiger partial charge is 0.354 e. The second-order valence-corrected chi connectivity index (χ2v) is 7.41. The molecule has 0 bridgehead atoms. The summed E-state index contributed by atoms with van der Waals surface area (Å²) >= 11 is 0. The number of nitrogens with zero attached hydrogens (tertiary/aromatic N) is 2. The molecule has 3 N–H and O–H groups in total. The minimum atomic E-state index is -4.64. The van der Waals surface area contributed by atoms with Crippen LogP contribution in [-0.2, 0) is 10.1 Å². The zero-order valence-electron chi connectivity index (χ0n) is 16.1. The first-order chi connectivity index (χ1) is 14.1. The zero-order valence-corrected chi connectivity index (χ0v) is 18.9. The van der Waals surface area contributed by atoms with Gasteiger partial charge in [-0.05, 0) is 36.4 Å². The Balaban J connectivity index is 0.00000341. The van der Waals surface area contributed by atoms with E-state index in [-0.39, 0.29) is 46.6 Å². The van der Waals surface area contributed by atoms with E-state index in [1.165, 1.54) is 12.1 Å². The van der Waals surface area contributed by atoms with Crippen LogP contribution in [0.2, 0.25) is 0 Å². The van der Waals surface area contributed by atoms with Crippen LogP contribution in [0.4, 0.5) is 34.1 Å². The summed E-state index contributed by atoms with van der Waals surface area (Å²) in [6, 6.07) is 15.5. The van der Waals surface area contributed by atoms with Crippen LogP contribution in [0.15, 0.2) is 71.6 Å². The van der Waals surface area contributed by atoms with Gasteiger partial charge in [0, 0.05) is 17.4 Å². The van der Waals surface area contributed by atoms with Gasteiger partial charge in [0.2, 0.25) is 0 Å². The van der Waals surface area contributed by atoms with E-state index in [0.717, 1.165) is 24.3 Å². The van der Waals surface area contributed by atoms with Gasteiger partial charge in [-0.2, -0.15) is 8.42 Å². The number of anilines is 4. The van der Waals surface area contributed by atoms with Gasteiger partial charge in [0.15, 0.2) is 0 Å². The van der Waals surface area contributed by atoms with E-state index in [4.69, 9.17) is 0 Å². The van der Waals surface area contributed by atoms with E-state index >= 15 is 0 Å². The van der Waals surface area contributed by atoms with Crippen molar-refractivity contribution in [3.05, 3.63) is 87.0 Å². The summed E-state index contributed by atoms with van der Waals surface area (Å²) in [6.45, 7) is 0. The Morgan fingerprint density at radius 3 is 1.97 bits per heavy atom. The van der Waals surface area contributed by atoms with Crippen molar-refractivity contribution in [3.63, 3.8) is 0 Å². The second kappa shape index (κ2) is 9.85. The quantitative estimate of drug-likeness (QED) is 0.206. The zero-order chi connectivity index (χ0) is 21.9. The van der Waals surface area contributed by atoms with Crippen molar-refractivity contribution in [2.45, 2.75) is 4.90 Å². The summed E-state index contributed by atoms with van der Waals surface area (Å²) in [5, 5.41) is 27.6. The maximum absolute atomic E-state index is 11.8. The van der Waals surface area contributed by atoms with Crippen LogP contribution >= 0.6 is 0 Å². The van der Waals surface area contributed by atoms with Crippen LogP contribution in [0.1, 0.15) is 0 Å². The number of rotatable bonds is 7. The number of para-hydroxylation sites is 1. The first-order valence-corrected chi connectivity index (χ1v) is 9.72. The van der Waals surface area contributed by atoms with E-state index in [1.54, 1.807) is 30.3 Å². The molecule has 3 aromatic rings. The van der Waals surface area contributed by atoms with Crippen LogP contribution in [-0.4, -0.2) is 22.8 Å². The molecule has 0 unspecified atom stereocenters. The van der Waals surface area contributed by atoms with Crippen molar-refractivity contribution in [2.75, 3.05) is 10.6 Å². The van der Waals surface area contributed by atoms with Crippen LogP contribution in [0.25, 0.3) is 0 Å². The summed E-state index contributed by atoms with van der Waals surface area (Å²) in [6.07, 6.45) is 0. The van der Waals surface area contributed by atoms with Crippen LogP contribution in [0.3, 0.4) is 0 Å². The van der Waals surface area contributed by atoms with Gasteiger partial charge in [0.05, 0.1) is 21.6 Å². The number of nitrogens with one attached hydrogen (secondary N) is 2. The minimum Gasteiger partial charge on any atom is -0.354 e. The molecule has 3 rings (SSSR count). The van der Waals surface area contributed by atoms with Gasteiger partial charge in [-0.3, -0.25) is 24.8 Å². The van der Waals surface area contributed by atoms with E-state index in [1.807, 2.05) is 0 Å². The van der Waals surface area contributed by atoms with Gasteiger partial charge < -0.3 is 10.6 Å². The Morgan fingerprint density at radius 1 is 0.774 bits per heavy atom. The third kappa shape index (κ3) is 5.99. The van der Waals surface area contributed by atoms with Gasteiger partial charge >= 0.3 is 29.6 Å². The molecule has 0 aromatic heterocycles. The molecule has 13 heteroatoms. The molecular weight excluding hydrogens is 439 g/mol. The van der Waals surface area contributed by atoms with Gasteiger partial charge in [-0.25, -0.2) is 0 Å². The SMILES string of the molecule is O=[N+]([O-])c1ccc(Nc2ccc(Nc3ccccc3)c(S(=O)(=O)O)c2)c([N+](=O)[O-])c1.[Na+]. The number of nitro benzene ring substituents is 2. The average Bonchev–Trinajstić information content (AvgIpc) is 2.69. The van der Waals surface area contributed by atoms with E-state index < -0.39 is 36.2 Å². The third-order valence-corrected chi connectivity index (χ3v) is 4.87. The summed E-state index contributed by atoms with van der Waals surface area (Å²) in [4.78, 5) is 20.1. The maximum atomic E-state index is 11.8. The van der Waals surface area contributed by atoms with Crippen molar-refractivity contribution in [1.82, 2.24) is 0 Å². The Hall–Kier alpha value is -3.03. The molecule has 0 amide bonds. The van der Waals surface area contributed by atoms with E-state index in [9.17, 15) is 33.2 Å². The largest absolute Gasteiger partial charge is 1.00 e. The summed E-state index contributed by atoms with van der Waals surface area (Å²) < 4.78 is 33.3. The molecular formula is C18H14N4NaO7S+. The first-order valence-electron chi connectivity index (χ1n) is 8.28. The van der Waals surface area contributed by atoms with Crippen LogP contribution in [0.5, 0.6) is 0 Å². The van der Waals surface area contributed by atoms with Gasteiger partial charge in [0.25, 0.3) is 21.5 Å². The topological polar surface area (TPSA) is 165 Å². The van der Waals surface area contributed by atoms with Gasteiger partial charge in [-0.15, -0.1) is 0 Å². The van der Waals surface area contributed by atoms with Gasteiger partial charge in [-0.1, -0.05) is 18.2 Å². The van der Waals surface area contributed by atoms with Crippen LogP contribution in [0, 0.1) is 20.2 Å². The molecule has 0 aliphatic rings. The fourth-order valence-electron chi connectivity index (χ4n) is 2.64. The van der Waals surface area contributed by atoms with Crippen molar-refractivity contribution >= 4 is 44.2 Å². The molecule has 0 aliphatic carbocycles. The Morgan fingerprint density at radius 2 is 1.39 bits per heavy atom. The Kier molecular flexibility index (Phi) is 7.70. The first kappa shape index (κ1) is 24.2. The second-order valence-electron chi connectivity index (χ2n) is 6.02. The van der Waals surface area contributed by atoms with E-state index in [0.29, 0.717) is 5.69 Å². The minimum absolute atomic E-state index is 0. The van der Waals surface area contributed by atoms with Crippen molar-refractivity contribution in [1.29, 1.82) is 0 Å². The molecule has 0 atom stereocenters. The predicted molar refractivity (Wildman–Crippen MR) is 109 cm³/mol. The molecule has 0 fully saturated rings. The molecule has 3 aromatic carbocycles. The maximum Gasteiger partial charge on any atom is 1.00 e. The van der Waals surface area contributed by atoms with E-state index in [2.05, 4.69) is 10.6 Å². The van der Waals surface area contributed by atoms with Crippen molar-refractivity contribution in [3.8, 4) is 0 Å². The fraction of sp³-hybridized carbons (Fsp3) is 0. The van der Waals surface area contributed by atoms with Crippen molar-refractivity contribution < 1.29 is 52.4 Å². The third-order valence-electron chi connectivity index (χ3n) is 3.98. The fourth-order valence-corrected chi connectivity index (χ4v) is 3.31. The number of hydrogen-bond acceptors (Lipinski definition) is 8. The van der Waals surface area contributed by atoms with Gasteiger partial charge in [0.1, 0.15) is 10.6 Å². The number of nitro groups is 2. The molecule has 0 spiro atoms. The standard InChI is InChI=1S/C18H14N4O7S.Na/c23-21(24)14-7-9-15(17(11-14)22(25)26)20-13-6-8-16(18(10-13)30(27,28)29)19-12-4-2-1-3-5-12;/h1-11,19-20H,(H,27,28,29);/q;+1. The molecule has 154 valence electrons. The molecule has 31 heavy (non-hydrogen) atoms. The molecule has 0 heterocycles. The molecule has 0 saturated heterocycles.